The zero-order chi connectivity index (χ0) is 24.5. The minimum atomic E-state index is -3.67. The Labute approximate surface area is 199 Å². The molecule has 180 valence electrons. The van der Waals surface area contributed by atoms with Gasteiger partial charge in [-0.2, -0.15) is 4.31 Å². The SMILES string of the molecule is C[C@H]1CCC(c2ccccc2)S(=O)(=O)N1Cc1ccc(-c2cnc(NS(C)(=O)=O)nc2)cc1F. The molecule has 0 saturated carbocycles. The molecule has 0 radical (unpaired) electrons. The van der Waals surface area contributed by atoms with Crippen molar-refractivity contribution in [2.24, 2.45) is 0 Å². The molecule has 0 bridgehead atoms. The number of hydrogen-bond acceptors (Lipinski definition) is 6. The zero-order valence-electron chi connectivity index (χ0n) is 18.7. The van der Waals surface area contributed by atoms with Crippen LogP contribution < -0.4 is 4.72 Å². The first-order valence-corrected chi connectivity index (χ1v) is 14.1. The second kappa shape index (κ2) is 9.40. The Morgan fingerprint density at radius 3 is 2.35 bits per heavy atom. The molecule has 1 fully saturated rings. The van der Waals surface area contributed by atoms with Crippen LogP contribution in [0.15, 0.2) is 60.9 Å². The van der Waals surface area contributed by atoms with E-state index < -0.39 is 31.1 Å². The van der Waals surface area contributed by atoms with Gasteiger partial charge < -0.3 is 0 Å². The highest BCUT2D eigenvalue weighted by Crippen LogP contribution is 2.38. The lowest BCUT2D eigenvalue weighted by Crippen LogP contribution is -2.44. The van der Waals surface area contributed by atoms with Crippen molar-refractivity contribution in [2.45, 2.75) is 37.6 Å². The summed E-state index contributed by atoms with van der Waals surface area (Å²) in [4.78, 5) is 7.88. The maximum Gasteiger partial charge on any atom is 0.236 e. The van der Waals surface area contributed by atoms with Gasteiger partial charge in [0, 0.05) is 36.1 Å². The van der Waals surface area contributed by atoms with Gasteiger partial charge in [0.2, 0.25) is 26.0 Å². The van der Waals surface area contributed by atoms with Crippen molar-refractivity contribution in [1.82, 2.24) is 14.3 Å². The topological polar surface area (TPSA) is 109 Å². The summed E-state index contributed by atoms with van der Waals surface area (Å²) in [7, 11) is -7.18. The second-order valence-corrected chi connectivity index (χ2v) is 12.2. The molecule has 0 spiro atoms. The Kier molecular flexibility index (Phi) is 6.70. The molecule has 8 nitrogen and oxygen atoms in total. The zero-order valence-corrected chi connectivity index (χ0v) is 20.4. The number of hydrogen-bond donors (Lipinski definition) is 1. The molecule has 0 aliphatic carbocycles. The number of aromatic nitrogens is 2. The Morgan fingerprint density at radius 2 is 1.74 bits per heavy atom. The summed E-state index contributed by atoms with van der Waals surface area (Å²) in [6.45, 7) is 1.78. The van der Waals surface area contributed by atoms with Crippen LogP contribution in [0.1, 0.15) is 36.1 Å². The van der Waals surface area contributed by atoms with E-state index in [1.54, 1.807) is 12.1 Å². The highest BCUT2D eigenvalue weighted by molar-refractivity contribution is 7.92. The predicted octanol–water partition coefficient (Wildman–Crippen LogP) is 3.71. The summed E-state index contributed by atoms with van der Waals surface area (Å²) in [5, 5.41) is -0.650. The van der Waals surface area contributed by atoms with Crippen LogP contribution in [-0.4, -0.2) is 43.4 Å². The van der Waals surface area contributed by atoms with Crippen molar-refractivity contribution in [3.63, 3.8) is 0 Å². The van der Waals surface area contributed by atoms with Crippen molar-refractivity contribution in [1.29, 1.82) is 0 Å². The molecule has 34 heavy (non-hydrogen) atoms. The van der Waals surface area contributed by atoms with Crippen molar-refractivity contribution in [3.05, 3.63) is 77.9 Å². The van der Waals surface area contributed by atoms with E-state index in [0.29, 0.717) is 24.0 Å². The minimum Gasteiger partial charge on any atom is -0.251 e. The minimum absolute atomic E-state index is 0.0628. The van der Waals surface area contributed by atoms with Gasteiger partial charge in [0.05, 0.1) is 6.26 Å². The normalized spacial score (nSPS) is 20.7. The van der Waals surface area contributed by atoms with Gasteiger partial charge >= 0.3 is 0 Å². The fourth-order valence-electron chi connectivity index (χ4n) is 4.07. The monoisotopic (exact) mass is 504 g/mol. The third-order valence-electron chi connectivity index (χ3n) is 5.84. The van der Waals surface area contributed by atoms with Gasteiger partial charge in [-0.05, 0) is 37.0 Å². The van der Waals surface area contributed by atoms with Crippen LogP contribution >= 0.6 is 0 Å². The van der Waals surface area contributed by atoms with E-state index in [-0.39, 0.29) is 24.1 Å². The Morgan fingerprint density at radius 1 is 1.06 bits per heavy atom. The lowest BCUT2D eigenvalue weighted by molar-refractivity contribution is 0.279. The molecule has 2 aromatic carbocycles. The molecule has 1 aromatic heterocycles. The van der Waals surface area contributed by atoms with E-state index in [0.717, 1.165) is 11.8 Å². The van der Waals surface area contributed by atoms with E-state index in [4.69, 9.17) is 0 Å². The molecule has 4 rings (SSSR count). The highest BCUT2D eigenvalue weighted by atomic mass is 32.2. The van der Waals surface area contributed by atoms with Crippen molar-refractivity contribution >= 4 is 26.0 Å². The number of halogens is 1. The molecular weight excluding hydrogens is 479 g/mol. The molecule has 2 atom stereocenters. The average molecular weight is 505 g/mol. The van der Waals surface area contributed by atoms with Gasteiger partial charge in [0.15, 0.2) is 0 Å². The van der Waals surface area contributed by atoms with Crippen LogP contribution in [0, 0.1) is 5.82 Å². The Balaban J connectivity index is 1.56. The molecule has 0 amide bonds. The van der Waals surface area contributed by atoms with Crippen LogP contribution in [0.4, 0.5) is 10.3 Å². The number of rotatable bonds is 6. The van der Waals surface area contributed by atoms with E-state index in [2.05, 4.69) is 14.7 Å². The number of nitrogens with zero attached hydrogens (tertiary/aromatic N) is 3. The molecule has 2 heterocycles. The third-order valence-corrected chi connectivity index (χ3v) is 8.76. The number of sulfonamides is 2. The van der Waals surface area contributed by atoms with Crippen LogP contribution in [0.25, 0.3) is 11.1 Å². The highest BCUT2D eigenvalue weighted by Gasteiger charge is 2.40. The van der Waals surface area contributed by atoms with Crippen LogP contribution in [0.3, 0.4) is 0 Å². The molecule has 1 aliphatic rings. The molecule has 11 heteroatoms. The molecule has 1 saturated heterocycles. The largest absolute Gasteiger partial charge is 0.251 e. The van der Waals surface area contributed by atoms with Gasteiger partial charge in [-0.25, -0.2) is 31.2 Å². The standard InChI is InChI=1S/C23H25FN4O4S2/c1-16-8-11-22(17-6-4-3-5-7-17)34(31,32)28(16)15-19-10-9-18(12-21(19)24)20-13-25-23(26-14-20)27-33(2,29)30/h3-7,9-10,12-14,16,22H,8,11,15H2,1-2H3,(H,25,26,27)/t16-,22?/m0/s1. The lowest BCUT2D eigenvalue weighted by atomic mass is 10.0. The average Bonchev–Trinajstić information content (AvgIpc) is 2.77. The fourth-order valence-corrected chi connectivity index (χ4v) is 6.70. The van der Waals surface area contributed by atoms with E-state index in [1.165, 1.54) is 22.8 Å². The van der Waals surface area contributed by atoms with Gasteiger partial charge in [-0.3, -0.25) is 4.72 Å². The summed E-state index contributed by atoms with van der Waals surface area (Å²) in [5.41, 5.74) is 1.99. The van der Waals surface area contributed by atoms with Crippen LogP contribution in [0.2, 0.25) is 0 Å². The van der Waals surface area contributed by atoms with Crippen LogP contribution in [-0.2, 0) is 26.6 Å². The molecule has 3 aromatic rings. The quantitative estimate of drug-likeness (QED) is 0.548. The predicted molar refractivity (Wildman–Crippen MR) is 128 cm³/mol. The van der Waals surface area contributed by atoms with Gasteiger partial charge in [0.25, 0.3) is 0 Å². The molecule has 1 unspecified atom stereocenters. The molecule has 1 N–H and O–H groups in total. The van der Waals surface area contributed by atoms with Gasteiger partial charge in [-0.1, -0.05) is 42.5 Å². The van der Waals surface area contributed by atoms with Gasteiger partial charge in [0.1, 0.15) is 11.1 Å². The molecule has 1 aliphatic heterocycles. The third kappa shape index (κ3) is 5.26. The summed E-state index contributed by atoms with van der Waals surface area (Å²) < 4.78 is 68.0. The summed E-state index contributed by atoms with van der Waals surface area (Å²) in [5.74, 6) is -0.624. The van der Waals surface area contributed by atoms with E-state index in [9.17, 15) is 16.8 Å². The second-order valence-electron chi connectivity index (χ2n) is 8.39. The molecular formula is C23H25FN4O4S2. The number of nitrogens with one attached hydrogen (secondary N) is 1. The summed E-state index contributed by atoms with van der Waals surface area (Å²) in [6, 6.07) is 13.4. The van der Waals surface area contributed by atoms with Crippen molar-refractivity contribution < 1.29 is 21.2 Å². The smallest absolute Gasteiger partial charge is 0.236 e. The van der Waals surface area contributed by atoms with E-state index >= 15 is 4.39 Å². The first kappa shape index (κ1) is 24.2. The van der Waals surface area contributed by atoms with E-state index in [1.807, 2.05) is 37.3 Å². The number of benzene rings is 2. The first-order chi connectivity index (χ1) is 16.0. The summed E-state index contributed by atoms with van der Waals surface area (Å²) in [6.07, 6.45) is 4.97. The number of anilines is 1. The Hall–Kier alpha value is -2.89. The van der Waals surface area contributed by atoms with Crippen molar-refractivity contribution in [2.75, 3.05) is 11.0 Å². The Bertz CT molecular complexity index is 1380. The van der Waals surface area contributed by atoms with Crippen molar-refractivity contribution in [3.8, 4) is 11.1 Å². The maximum absolute atomic E-state index is 15.0. The fraction of sp³-hybridized carbons (Fsp3) is 0.304. The van der Waals surface area contributed by atoms with Gasteiger partial charge in [-0.15, -0.1) is 0 Å². The summed E-state index contributed by atoms with van der Waals surface area (Å²) >= 11 is 0. The first-order valence-electron chi connectivity index (χ1n) is 10.7. The van der Waals surface area contributed by atoms with Crippen LogP contribution in [0.5, 0.6) is 0 Å². The lowest BCUT2D eigenvalue weighted by Gasteiger charge is -2.37. The maximum atomic E-state index is 15.0.